The van der Waals surface area contributed by atoms with Gasteiger partial charge in [-0.15, -0.1) is 0 Å². The topological polar surface area (TPSA) is 108 Å². The maximum atomic E-state index is 11.9. The Labute approximate surface area is 225 Å². The number of halogens is 2. The maximum absolute atomic E-state index is 11.9. The van der Waals surface area contributed by atoms with Crippen LogP contribution in [-0.2, 0) is 31.0 Å². The summed E-state index contributed by atoms with van der Waals surface area (Å²) in [6, 6.07) is 11.0. The second kappa shape index (κ2) is 12.8. The molecule has 0 saturated carbocycles. The van der Waals surface area contributed by atoms with Crippen molar-refractivity contribution in [3.8, 4) is 5.75 Å². The molecule has 0 amide bonds. The highest BCUT2D eigenvalue weighted by Crippen LogP contribution is 2.45. The lowest BCUT2D eigenvalue weighted by Crippen LogP contribution is -2.15. The summed E-state index contributed by atoms with van der Waals surface area (Å²) < 4.78 is 34.1. The van der Waals surface area contributed by atoms with E-state index in [0.717, 1.165) is 15.8 Å². The zero-order valence-corrected chi connectivity index (χ0v) is 25.6. The summed E-state index contributed by atoms with van der Waals surface area (Å²) in [5.74, 6) is 0.337. The van der Waals surface area contributed by atoms with Crippen molar-refractivity contribution in [3.05, 3.63) is 63.1 Å². The van der Waals surface area contributed by atoms with Gasteiger partial charge in [0.25, 0.3) is 0 Å². The summed E-state index contributed by atoms with van der Waals surface area (Å²) in [4.78, 5) is 18.0. The summed E-state index contributed by atoms with van der Waals surface area (Å²) >= 11 is 12.3. The van der Waals surface area contributed by atoms with Crippen LogP contribution in [0.25, 0.3) is 0 Å². The van der Waals surface area contributed by atoms with Crippen LogP contribution in [0.15, 0.2) is 36.4 Å². The van der Waals surface area contributed by atoms with Gasteiger partial charge in [0.2, 0.25) is 0 Å². The molecule has 2 rings (SSSR count). The highest BCUT2D eigenvalue weighted by atomic mass is 35.5. The van der Waals surface area contributed by atoms with Gasteiger partial charge in [-0.05, 0) is 59.8 Å². The number of nitrogens with zero attached hydrogens (tertiary/aromatic N) is 1. The Balaban J connectivity index is 0.000000360. The Morgan fingerprint density at radius 2 is 1.39 bits per heavy atom. The molecule has 0 spiro atoms. The SMILES string of the molecule is CN(Cc1ccc(C(C)(C)C)cc1Cl)P(=O)(O)O.CNP(=O)(OC)Oc1ccc(C(C)(C)C)cc1Cl. The number of benzene rings is 2. The molecule has 1 atom stereocenters. The van der Waals surface area contributed by atoms with Gasteiger partial charge in [0.05, 0.1) is 5.02 Å². The number of nitrogens with one attached hydrogen (secondary N) is 1. The minimum absolute atomic E-state index is 0.00266. The van der Waals surface area contributed by atoms with E-state index in [2.05, 4.69) is 46.6 Å². The molecule has 0 radical (unpaired) electrons. The molecule has 1 unspecified atom stereocenters. The fourth-order valence-corrected chi connectivity index (χ4v) is 4.44. The zero-order chi connectivity index (χ0) is 28.1. The first kappa shape index (κ1) is 33.1. The minimum Gasteiger partial charge on any atom is -0.412 e. The Hall–Kier alpha value is -0.920. The highest BCUT2D eigenvalue weighted by molar-refractivity contribution is 7.52. The maximum Gasteiger partial charge on any atom is 0.458 e. The van der Waals surface area contributed by atoms with Gasteiger partial charge >= 0.3 is 15.5 Å². The molecule has 36 heavy (non-hydrogen) atoms. The van der Waals surface area contributed by atoms with Crippen LogP contribution in [0.2, 0.25) is 10.0 Å². The Bertz CT molecular complexity index is 1120. The molecule has 0 heterocycles. The van der Waals surface area contributed by atoms with Crippen molar-refractivity contribution < 1.29 is 28.0 Å². The number of hydrogen-bond donors (Lipinski definition) is 3. The summed E-state index contributed by atoms with van der Waals surface area (Å²) in [7, 11) is -3.35. The molecule has 12 heteroatoms. The Morgan fingerprint density at radius 3 is 1.75 bits per heavy atom. The van der Waals surface area contributed by atoms with Gasteiger partial charge in [-0.1, -0.05) is 82.9 Å². The average molecular weight is 583 g/mol. The van der Waals surface area contributed by atoms with Gasteiger partial charge in [-0.3, -0.25) is 4.52 Å². The standard InChI is InChI=1S/2C12H19ClNO3P/c1-12(2,3)9-6-7-11(10(13)8-9)17-18(15,14-4)16-5;1-12(2,3)10-6-5-9(11(13)7-10)8-14(4)18(15,16)17/h6-8H,1-5H3,(H,14,15);5-7H,8H2,1-4H3,(H2,15,16,17). The van der Waals surface area contributed by atoms with Gasteiger partial charge in [-0.2, -0.15) is 0 Å². The third-order valence-electron chi connectivity index (χ3n) is 5.29. The lowest BCUT2D eigenvalue weighted by atomic mass is 9.86. The van der Waals surface area contributed by atoms with Crippen LogP contribution in [-0.4, -0.2) is 35.7 Å². The molecule has 0 aliphatic heterocycles. The summed E-state index contributed by atoms with van der Waals surface area (Å²) in [5.41, 5.74) is 2.87. The predicted molar refractivity (Wildman–Crippen MR) is 148 cm³/mol. The summed E-state index contributed by atoms with van der Waals surface area (Å²) in [5, 5.41) is 3.44. The Morgan fingerprint density at radius 1 is 0.917 bits per heavy atom. The van der Waals surface area contributed by atoms with Crippen molar-refractivity contribution in [2.24, 2.45) is 0 Å². The molecular formula is C24H38Cl2N2O6P2. The van der Waals surface area contributed by atoms with Crippen molar-refractivity contribution in [2.45, 2.75) is 58.9 Å². The minimum atomic E-state index is -4.21. The molecule has 0 aromatic heterocycles. The molecule has 204 valence electrons. The third kappa shape index (κ3) is 10.1. The van der Waals surface area contributed by atoms with Crippen LogP contribution in [0.1, 0.15) is 58.2 Å². The molecular weight excluding hydrogens is 545 g/mol. The molecule has 2 aromatic rings. The first-order valence-electron chi connectivity index (χ1n) is 11.1. The van der Waals surface area contributed by atoms with Crippen molar-refractivity contribution in [3.63, 3.8) is 0 Å². The molecule has 0 bridgehead atoms. The van der Waals surface area contributed by atoms with Crippen LogP contribution in [0.5, 0.6) is 5.75 Å². The molecule has 0 aliphatic rings. The van der Waals surface area contributed by atoms with Crippen LogP contribution >= 0.6 is 38.7 Å². The molecule has 0 saturated heterocycles. The number of hydrogen-bond acceptors (Lipinski definition) is 4. The quantitative estimate of drug-likeness (QED) is 0.295. The van der Waals surface area contributed by atoms with Crippen LogP contribution < -0.4 is 9.61 Å². The average Bonchev–Trinajstić information content (AvgIpc) is 2.74. The molecule has 3 N–H and O–H groups in total. The van der Waals surface area contributed by atoms with Gasteiger partial charge < -0.3 is 14.3 Å². The van der Waals surface area contributed by atoms with Gasteiger partial charge in [0.15, 0.2) is 0 Å². The predicted octanol–water partition coefficient (Wildman–Crippen LogP) is 7.15. The largest absolute Gasteiger partial charge is 0.458 e. The first-order chi connectivity index (χ1) is 16.2. The third-order valence-corrected chi connectivity index (χ3v) is 8.44. The summed E-state index contributed by atoms with van der Waals surface area (Å²) in [6.07, 6.45) is 0. The van der Waals surface area contributed by atoms with E-state index in [1.165, 1.54) is 21.2 Å². The zero-order valence-electron chi connectivity index (χ0n) is 22.3. The fourth-order valence-electron chi connectivity index (χ4n) is 2.83. The molecule has 2 aromatic carbocycles. The molecule has 0 aliphatic carbocycles. The van der Waals surface area contributed by atoms with E-state index in [0.29, 0.717) is 21.4 Å². The highest BCUT2D eigenvalue weighted by Gasteiger charge is 2.25. The first-order valence-corrected chi connectivity index (χ1v) is 15.0. The van der Waals surface area contributed by atoms with Crippen LogP contribution in [0.4, 0.5) is 0 Å². The van der Waals surface area contributed by atoms with Crippen molar-refractivity contribution in [1.29, 1.82) is 0 Å². The lowest BCUT2D eigenvalue weighted by molar-refractivity contribution is 0.288. The van der Waals surface area contributed by atoms with Gasteiger partial charge in [-0.25, -0.2) is 18.9 Å². The lowest BCUT2D eigenvalue weighted by Gasteiger charge is -2.22. The van der Waals surface area contributed by atoms with E-state index in [4.69, 9.17) is 42.0 Å². The molecule has 8 nitrogen and oxygen atoms in total. The monoisotopic (exact) mass is 582 g/mol. The summed E-state index contributed by atoms with van der Waals surface area (Å²) in [6.45, 7) is 12.6. The number of rotatable bonds is 7. The van der Waals surface area contributed by atoms with E-state index in [9.17, 15) is 9.13 Å². The van der Waals surface area contributed by atoms with E-state index >= 15 is 0 Å². The molecule has 0 fully saturated rings. The second-order valence-corrected chi connectivity index (χ2v) is 14.8. The van der Waals surface area contributed by atoms with Crippen molar-refractivity contribution in [1.82, 2.24) is 9.76 Å². The van der Waals surface area contributed by atoms with E-state index < -0.39 is 15.5 Å². The van der Waals surface area contributed by atoms with Crippen molar-refractivity contribution in [2.75, 3.05) is 21.2 Å². The van der Waals surface area contributed by atoms with Crippen LogP contribution in [0.3, 0.4) is 0 Å². The van der Waals surface area contributed by atoms with E-state index in [-0.39, 0.29) is 17.4 Å². The van der Waals surface area contributed by atoms with Crippen LogP contribution in [0, 0.1) is 0 Å². The van der Waals surface area contributed by atoms with E-state index in [1.54, 1.807) is 6.07 Å². The normalized spacial score (nSPS) is 14.2. The van der Waals surface area contributed by atoms with Gasteiger partial charge in [0, 0.05) is 18.7 Å². The fraction of sp³-hybridized carbons (Fsp3) is 0.500. The Kier molecular flexibility index (Phi) is 11.7. The second-order valence-electron chi connectivity index (χ2n) is 10.3. The smallest absolute Gasteiger partial charge is 0.412 e. The van der Waals surface area contributed by atoms with E-state index in [1.807, 2.05) is 30.3 Å². The van der Waals surface area contributed by atoms with Crippen molar-refractivity contribution >= 4 is 38.7 Å². The van der Waals surface area contributed by atoms with Gasteiger partial charge in [0.1, 0.15) is 5.75 Å².